The van der Waals surface area contributed by atoms with Crippen LogP contribution in [0.25, 0.3) is 0 Å². The molecule has 3 rings (SSSR count). The van der Waals surface area contributed by atoms with E-state index in [2.05, 4.69) is 21.2 Å². The van der Waals surface area contributed by atoms with Crippen molar-refractivity contribution in [2.75, 3.05) is 13.2 Å². The van der Waals surface area contributed by atoms with Crippen LogP contribution in [0.3, 0.4) is 0 Å². The fourth-order valence-corrected chi connectivity index (χ4v) is 4.40. The van der Waals surface area contributed by atoms with Gasteiger partial charge < -0.3 is 15.0 Å². The van der Waals surface area contributed by atoms with E-state index in [4.69, 9.17) is 16.3 Å². The smallest absolute Gasteiger partial charge is 0.261 e. The Kier molecular flexibility index (Phi) is 10.3. The van der Waals surface area contributed by atoms with E-state index >= 15 is 0 Å². The van der Waals surface area contributed by atoms with Gasteiger partial charge in [0.2, 0.25) is 5.91 Å². The number of rotatable bonds is 11. The van der Waals surface area contributed by atoms with E-state index in [-0.39, 0.29) is 31.4 Å². The van der Waals surface area contributed by atoms with Gasteiger partial charge in [-0.2, -0.15) is 0 Å². The normalized spacial score (nSPS) is 11.7. The van der Waals surface area contributed by atoms with Gasteiger partial charge in [-0.25, -0.2) is 4.39 Å². The molecule has 0 bridgehead atoms. The maximum Gasteiger partial charge on any atom is 0.261 e. The lowest BCUT2D eigenvalue weighted by Gasteiger charge is -2.32. The third-order valence-electron chi connectivity index (χ3n) is 5.50. The molecule has 190 valence electrons. The number of carbonyl (C=O) groups is 2. The zero-order valence-electron chi connectivity index (χ0n) is 20.2. The van der Waals surface area contributed by atoms with Crippen LogP contribution in [0, 0.1) is 11.7 Å². The molecule has 1 N–H and O–H groups in total. The summed E-state index contributed by atoms with van der Waals surface area (Å²) in [5.41, 5.74) is 1.20. The Bertz CT molecular complexity index is 1180. The molecule has 1 atom stereocenters. The van der Waals surface area contributed by atoms with Gasteiger partial charge in [0.1, 0.15) is 17.6 Å². The Morgan fingerprint density at radius 1 is 1.06 bits per heavy atom. The number of hydrogen-bond acceptors (Lipinski definition) is 3. The zero-order chi connectivity index (χ0) is 26.1. The maximum atomic E-state index is 14.6. The SMILES string of the molecule is CC(C)CNC(=O)[C@H](Cc1ccccc1)N(Cc1ccccc1F)C(=O)COc1ccc(Cl)cc1Br. The van der Waals surface area contributed by atoms with Gasteiger partial charge in [-0.05, 0) is 51.7 Å². The molecule has 0 heterocycles. The fourth-order valence-electron chi connectivity index (χ4n) is 3.60. The molecule has 3 aromatic rings. The van der Waals surface area contributed by atoms with Crippen LogP contribution in [0.2, 0.25) is 5.02 Å². The van der Waals surface area contributed by atoms with Crippen LogP contribution in [-0.4, -0.2) is 35.9 Å². The molecule has 8 heteroatoms. The number of carbonyl (C=O) groups excluding carboxylic acids is 2. The quantitative estimate of drug-likeness (QED) is 0.304. The van der Waals surface area contributed by atoms with Crippen LogP contribution in [-0.2, 0) is 22.6 Å². The zero-order valence-corrected chi connectivity index (χ0v) is 22.6. The molecule has 0 saturated carbocycles. The number of amides is 2. The summed E-state index contributed by atoms with van der Waals surface area (Å²) in [7, 11) is 0. The predicted molar refractivity (Wildman–Crippen MR) is 143 cm³/mol. The Morgan fingerprint density at radius 3 is 2.42 bits per heavy atom. The van der Waals surface area contributed by atoms with Crippen molar-refractivity contribution in [1.82, 2.24) is 10.2 Å². The highest BCUT2D eigenvalue weighted by Crippen LogP contribution is 2.28. The summed E-state index contributed by atoms with van der Waals surface area (Å²) >= 11 is 9.38. The Morgan fingerprint density at radius 2 is 1.75 bits per heavy atom. The van der Waals surface area contributed by atoms with Gasteiger partial charge in [0.25, 0.3) is 5.91 Å². The monoisotopic (exact) mass is 574 g/mol. The molecule has 0 aliphatic heterocycles. The van der Waals surface area contributed by atoms with Crippen molar-refractivity contribution in [1.29, 1.82) is 0 Å². The van der Waals surface area contributed by atoms with Crippen molar-refractivity contribution >= 4 is 39.3 Å². The second kappa shape index (κ2) is 13.4. The molecular formula is C28H29BrClFN2O3. The molecule has 0 aliphatic carbocycles. The second-order valence-electron chi connectivity index (χ2n) is 8.82. The summed E-state index contributed by atoms with van der Waals surface area (Å²) in [5, 5.41) is 3.46. The summed E-state index contributed by atoms with van der Waals surface area (Å²) in [4.78, 5) is 28.3. The second-order valence-corrected chi connectivity index (χ2v) is 10.1. The summed E-state index contributed by atoms with van der Waals surface area (Å²) in [6.07, 6.45) is 0.273. The van der Waals surface area contributed by atoms with Gasteiger partial charge in [0, 0.05) is 30.1 Å². The molecule has 0 saturated heterocycles. The number of benzene rings is 3. The van der Waals surface area contributed by atoms with Gasteiger partial charge in [0.15, 0.2) is 6.61 Å². The van der Waals surface area contributed by atoms with E-state index in [1.54, 1.807) is 36.4 Å². The van der Waals surface area contributed by atoms with E-state index in [0.717, 1.165) is 5.56 Å². The van der Waals surface area contributed by atoms with Crippen LogP contribution in [0.4, 0.5) is 4.39 Å². The first kappa shape index (κ1) is 27.7. The lowest BCUT2D eigenvalue weighted by molar-refractivity contribution is -0.142. The topological polar surface area (TPSA) is 58.6 Å². The first-order chi connectivity index (χ1) is 17.2. The van der Waals surface area contributed by atoms with E-state index in [9.17, 15) is 14.0 Å². The summed E-state index contributed by atoms with van der Waals surface area (Å²) in [5.74, 6) is -0.529. The number of nitrogens with zero attached hydrogens (tertiary/aromatic N) is 1. The van der Waals surface area contributed by atoms with Crippen molar-refractivity contribution in [2.24, 2.45) is 5.92 Å². The van der Waals surface area contributed by atoms with E-state index in [1.807, 2.05) is 44.2 Å². The van der Waals surface area contributed by atoms with E-state index in [0.29, 0.717) is 27.4 Å². The van der Waals surface area contributed by atoms with Crippen molar-refractivity contribution < 1.29 is 18.7 Å². The highest BCUT2D eigenvalue weighted by molar-refractivity contribution is 9.10. The Hall–Kier alpha value is -2.90. The molecule has 0 unspecified atom stereocenters. The van der Waals surface area contributed by atoms with E-state index < -0.39 is 17.8 Å². The summed E-state index contributed by atoms with van der Waals surface area (Å²) in [6, 6.07) is 19.8. The molecule has 0 fully saturated rings. The number of halogens is 3. The van der Waals surface area contributed by atoms with Gasteiger partial charge in [-0.3, -0.25) is 9.59 Å². The number of ether oxygens (including phenoxy) is 1. The average molecular weight is 576 g/mol. The molecule has 5 nitrogen and oxygen atoms in total. The lowest BCUT2D eigenvalue weighted by Crippen LogP contribution is -2.52. The van der Waals surface area contributed by atoms with Crippen LogP contribution in [0.5, 0.6) is 5.75 Å². The summed E-state index contributed by atoms with van der Waals surface area (Å²) in [6.45, 7) is 4.03. The molecule has 0 aromatic heterocycles. The largest absolute Gasteiger partial charge is 0.483 e. The van der Waals surface area contributed by atoms with Crippen LogP contribution in [0.1, 0.15) is 25.0 Å². The summed E-state index contributed by atoms with van der Waals surface area (Å²) < 4.78 is 21.0. The minimum atomic E-state index is -0.865. The number of nitrogens with one attached hydrogen (secondary N) is 1. The maximum absolute atomic E-state index is 14.6. The van der Waals surface area contributed by atoms with Gasteiger partial charge in [-0.1, -0.05) is 74.0 Å². The molecular weight excluding hydrogens is 547 g/mol. The van der Waals surface area contributed by atoms with Gasteiger partial charge in [-0.15, -0.1) is 0 Å². The molecule has 3 aromatic carbocycles. The third kappa shape index (κ3) is 8.07. The van der Waals surface area contributed by atoms with Crippen molar-refractivity contribution in [3.05, 3.63) is 99.2 Å². The van der Waals surface area contributed by atoms with Gasteiger partial charge in [0.05, 0.1) is 4.47 Å². The van der Waals surface area contributed by atoms with E-state index in [1.165, 1.54) is 11.0 Å². The fraction of sp³-hybridized carbons (Fsp3) is 0.286. The molecule has 0 radical (unpaired) electrons. The van der Waals surface area contributed by atoms with Crippen molar-refractivity contribution in [2.45, 2.75) is 32.9 Å². The predicted octanol–water partition coefficient (Wildman–Crippen LogP) is 6.03. The average Bonchev–Trinajstić information content (AvgIpc) is 2.85. The highest BCUT2D eigenvalue weighted by atomic mass is 79.9. The van der Waals surface area contributed by atoms with Gasteiger partial charge >= 0.3 is 0 Å². The Labute approximate surface area is 224 Å². The molecule has 36 heavy (non-hydrogen) atoms. The minimum Gasteiger partial charge on any atom is -0.483 e. The first-order valence-corrected chi connectivity index (χ1v) is 12.8. The highest BCUT2D eigenvalue weighted by Gasteiger charge is 2.31. The molecule has 0 spiro atoms. The third-order valence-corrected chi connectivity index (χ3v) is 6.35. The minimum absolute atomic E-state index is 0.0801. The van der Waals surface area contributed by atoms with Crippen molar-refractivity contribution in [3.63, 3.8) is 0 Å². The standard InChI is InChI=1S/C28H29BrClFN2O3/c1-19(2)16-32-28(35)25(14-20-8-4-3-5-9-20)33(17-21-10-6-7-11-24(21)31)27(34)18-36-26-13-12-22(30)15-23(26)29/h3-13,15,19,25H,14,16-18H2,1-2H3,(H,32,35)/t25-/m0/s1. The van der Waals surface area contributed by atoms with Crippen molar-refractivity contribution in [3.8, 4) is 5.75 Å². The number of hydrogen-bond donors (Lipinski definition) is 1. The molecule has 2 amide bonds. The molecule has 0 aliphatic rings. The van der Waals surface area contributed by atoms with Crippen LogP contribution >= 0.6 is 27.5 Å². The first-order valence-electron chi connectivity index (χ1n) is 11.7. The lowest BCUT2D eigenvalue weighted by atomic mass is 10.0. The Balaban J connectivity index is 1.92. The van der Waals surface area contributed by atoms with Crippen LogP contribution in [0.15, 0.2) is 77.3 Å². The van der Waals surface area contributed by atoms with Crippen LogP contribution < -0.4 is 10.1 Å².